The molecule has 0 aliphatic heterocycles. The van der Waals surface area contributed by atoms with E-state index in [0.717, 1.165) is 0 Å². The molecule has 0 spiro atoms. The van der Waals surface area contributed by atoms with Crippen LogP contribution in [0.15, 0.2) is 18.2 Å². The highest BCUT2D eigenvalue weighted by Gasteiger charge is 2.17. The summed E-state index contributed by atoms with van der Waals surface area (Å²) in [6.45, 7) is 0. The number of halogens is 1. The average Bonchev–Trinajstić information content (AvgIpc) is 2.28. The number of carbonyl (C=O) groups excluding carboxylic acids is 1. The quantitative estimate of drug-likeness (QED) is 0.590. The van der Waals surface area contributed by atoms with Crippen LogP contribution in [0, 0.1) is 0 Å². The fourth-order valence-electron chi connectivity index (χ4n) is 1.18. The third-order valence-corrected chi connectivity index (χ3v) is 2.21. The van der Waals surface area contributed by atoms with E-state index in [1.165, 1.54) is 25.2 Å². The van der Waals surface area contributed by atoms with Crippen molar-refractivity contribution in [3.8, 4) is 0 Å². The number of nitrogens with one attached hydrogen (secondary N) is 2. The van der Waals surface area contributed by atoms with Gasteiger partial charge in [-0.3, -0.25) is 4.79 Å². The van der Waals surface area contributed by atoms with E-state index in [-0.39, 0.29) is 11.3 Å². The van der Waals surface area contributed by atoms with Crippen molar-refractivity contribution in [2.24, 2.45) is 0 Å². The monoisotopic (exact) mass is 258 g/mol. The van der Waals surface area contributed by atoms with Crippen molar-refractivity contribution in [3.63, 3.8) is 0 Å². The van der Waals surface area contributed by atoms with E-state index in [1.807, 2.05) is 0 Å². The number of benzene rings is 1. The second-order valence-electron chi connectivity index (χ2n) is 3.15. The van der Waals surface area contributed by atoms with E-state index in [0.29, 0.717) is 5.02 Å². The normalized spacial score (nSPS) is 11.7. The van der Waals surface area contributed by atoms with Gasteiger partial charge >= 0.3 is 5.97 Å². The van der Waals surface area contributed by atoms with Crippen LogP contribution in [0.4, 0.5) is 5.69 Å². The number of aliphatic carboxylic acids is 1. The first-order valence-electron chi connectivity index (χ1n) is 4.64. The largest absolute Gasteiger partial charge is 0.478 e. The Bertz CT molecular complexity index is 450. The minimum atomic E-state index is -1.81. The zero-order chi connectivity index (χ0) is 13.0. The van der Waals surface area contributed by atoms with Gasteiger partial charge < -0.3 is 20.8 Å². The first kappa shape index (κ1) is 13.3. The molecule has 0 bridgehead atoms. The number of anilines is 1. The number of hydrogen-bond acceptors (Lipinski definition) is 4. The van der Waals surface area contributed by atoms with Crippen molar-refractivity contribution in [2.75, 3.05) is 12.4 Å². The predicted molar refractivity (Wildman–Crippen MR) is 62.1 cm³/mol. The van der Waals surface area contributed by atoms with Gasteiger partial charge in [0.25, 0.3) is 5.91 Å². The van der Waals surface area contributed by atoms with Crippen molar-refractivity contribution in [3.05, 3.63) is 28.8 Å². The number of rotatable bonds is 4. The molecule has 1 rings (SSSR count). The summed E-state index contributed by atoms with van der Waals surface area (Å²) in [6, 6.07) is 4.28. The molecule has 1 aromatic rings. The molecule has 0 saturated heterocycles. The van der Waals surface area contributed by atoms with E-state index >= 15 is 0 Å². The number of amides is 1. The molecule has 0 aliphatic rings. The summed E-state index contributed by atoms with van der Waals surface area (Å²) in [5.74, 6) is -1.87. The first-order chi connectivity index (χ1) is 7.95. The topological polar surface area (TPSA) is 98.7 Å². The van der Waals surface area contributed by atoms with Crippen LogP contribution in [0.3, 0.4) is 0 Å². The third-order valence-electron chi connectivity index (χ3n) is 1.98. The first-order valence-corrected chi connectivity index (χ1v) is 5.02. The van der Waals surface area contributed by atoms with E-state index in [9.17, 15) is 9.59 Å². The fraction of sp³-hybridized carbons (Fsp3) is 0.200. The van der Waals surface area contributed by atoms with Crippen LogP contribution in [0.5, 0.6) is 0 Å². The van der Waals surface area contributed by atoms with Crippen LogP contribution in [-0.2, 0) is 4.79 Å². The molecule has 92 valence electrons. The molecule has 1 unspecified atom stereocenters. The highest BCUT2D eigenvalue weighted by molar-refractivity contribution is 6.31. The minimum Gasteiger partial charge on any atom is -0.478 e. The van der Waals surface area contributed by atoms with Crippen LogP contribution < -0.4 is 10.6 Å². The highest BCUT2D eigenvalue weighted by Crippen LogP contribution is 2.21. The van der Waals surface area contributed by atoms with Gasteiger partial charge in [-0.25, -0.2) is 4.79 Å². The molecule has 1 atom stereocenters. The second-order valence-corrected chi connectivity index (χ2v) is 3.59. The van der Waals surface area contributed by atoms with Gasteiger partial charge in [0.05, 0.1) is 11.3 Å². The van der Waals surface area contributed by atoms with Gasteiger partial charge in [0.1, 0.15) is 0 Å². The zero-order valence-electron chi connectivity index (χ0n) is 8.90. The molecule has 0 aliphatic carbocycles. The van der Waals surface area contributed by atoms with Crippen molar-refractivity contribution >= 4 is 29.2 Å². The summed E-state index contributed by atoms with van der Waals surface area (Å²) in [4.78, 5) is 22.0. The molecule has 7 heteroatoms. The highest BCUT2D eigenvalue weighted by atomic mass is 35.5. The van der Waals surface area contributed by atoms with Gasteiger partial charge in [0.15, 0.2) is 0 Å². The molecule has 0 radical (unpaired) electrons. The fourth-order valence-corrected chi connectivity index (χ4v) is 1.35. The SMILES string of the molecule is CNC(=O)c1ccc(Cl)cc1NC(O)C(=O)O. The van der Waals surface area contributed by atoms with Crippen molar-refractivity contribution in [1.29, 1.82) is 0 Å². The van der Waals surface area contributed by atoms with Gasteiger partial charge in [-0.2, -0.15) is 0 Å². The Labute approximate surface area is 102 Å². The van der Waals surface area contributed by atoms with Gasteiger partial charge in [-0.15, -0.1) is 0 Å². The number of aliphatic hydroxyl groups is 1. The van der Waals surface area contributed by atoms with Crippen molar-refractivity contribution < 1.29 is 19.8 Å². The van der Waals surface area contributed by atoms with Crippen LogP contribution in [-0.4, -0.2) is 35.4 Å². The maximum absolute atomic E-state index is 11.5. The summed E-state index contributed by atoms with van der Waals surface area (Å²) in [5, 5.41) is 22.7. The third kappa shape index (κ3) is 3.33. The summed E-state index contributed by atoms with van der Waals surface area (Å²) in [6.07, 6.45) is -1.81. The summed E-state index contributed by atoms with van der Waals surface area (Å²) in [7, 11) is 1.44. The molecule has 1 aromatic carbocycles. The minimum absolute atomic E-state index is 0.145. The van der Waals surface area contributed by atoms with Crippen LogP contribution in [0.2, 0.25) is 5.02 Å². The molecule has 1 amide bonds. The molecule has 4 N–H and O–H groups in total. The Kier molecular flexibility index (Phi) is 4.30. The van der Waals surface area contributed by atoms with Crippen molar-refractivity contribution in [2.45, 2.75) is 6.23 Å². The summed E-state index contributed by atoms with van der Waals surface area (Å²) in [5.41, 5.74) is 0.337. The van der Waals surface area contributed by atoms with Crippen molar-refractivity contribution in [1.82, 2.24) is 5.32 Å². The molecular weight excluding hydrogens is 248 g/mol. The Morgan fingerprint density at radius 3 is 2.59 bits per heavy atom. The van der Waals surface area contributed by atoms with Gasteiger partial charge in [0.2, 0.25) is 6.23 Å². The number of carboxylic acids is 1. The molecular formula is C10H11ClN2O4. The van der Waals surface area contributed by atoms with Crippen LogP contribution in [0.25, 0.3) is 0 Å². The Balaban J connectivity index is 3.07. The maximum Gasteiger partial charge on any atom is 0.353 e. The molecule has 6 nitrogen and oxygen atoms in total. The van der Waals surface area contributed by atoms with Gasteiger partial charge in [-0.05, 0) is 18.2 Å². The molecule has 0 saturated carbocycles. The van der Waals surface area contributed by atoms with E-state index in [2.05, 4.69) is 10.6 Å². The smallest absolute Gasteiger partial charge is 0.353 e. The summed E-state index contributed by atoms with van der Waals surface area (Å²) >= 11 is 5.73. The number of aliphatic hydroxyl groups excluding tert-OH is 1. The lowest BCUT2D eigenvalue weighted by molar-refractivity contribution is -0.145. The Morgan fingerprint density at radius 1 is 1.41 bits per heavy atom. The van der Waals surface area contributed by atoms with Gasteiger partial charge in [-0.1, -0.05) is 11.6 Å². The van der Waals surface area contributed by atoms with Gasteiger partial charge in [0, 0.05) is 12.1 Å². The second kappa shape index (κ2) is 5.51. The van der Waals surface area contributed by atoms with Crippen LogP contribution in [0.1, 0.15) is 10.4 Å². The zero-order valence-corrected chi connectivity index (χ0v) is 9.65. The number of carboxylic acid groups (broad SMARTS) is 1. The Hall–Kier alpha value is -1.79. The number of carbonyl (C=O) groups is 2. The molecule has 0 aromatic heterocycles. The maximum atomic E-state index is 11.5. The lowest BCUT2D eigenvalue weighted by atomic mass is 10.1. The molecule has 0 heterocycles. The number of hydrogen-bond donors (Lipinski definition) is 4. The average molecular weight is 259 g/mol. The van der Waals surface area contributed by atoms with E-state index < -0.39 is 18.1 Å². The lowest BCUT2D eigenvalue weighted by Gasteiger charge is -2.13. The van der Waals surface area contributed by atoms with E-state index in [4.69, 9.17) is 21.8 Å². The van der Waals surface area contributed by atoms with Crippen LogP contribution >= 0.6 is 11.6 Å². The lowest BCUT2D eigenvalue weighted by Crippen LogP contribution is -2.30. The van der Waals surface area contributed by atoms with E-state index in [1.54, 1.807) is 0 Å². The molecule has 0 fully saturated rings. The predicted octanol–water partition coefficient (Wildman–Crippen LogP) is 0.514. The Morgan fingerprint density at radius 2 is 2.06 bits per heavy atom. The standard InChI is InChI=1S/C10H11ClN2O4/c1-12-8(14)6-3-2-5(11)4-7(6)13-9(15)10(16)17/h2-4,9,13,15H,1H3,(H,12,14)(H,16,17). The molecule has 17 heavy (non-hydrogen) atoms. The summed E-state index contributed by atoms with van der Waals surface area (Å²) < 4.78 is 0.